The van der Waals surface area contributed by atoms with E-state index in [0.29, 0.717) is 17.6 Å². The van der Waals surface area contributed by atoms with Crippen LogP contribution in [0.15, 0.2) is 27.9 Å². The van der Waals surface area contributed by atoms with Crippen LogP contribution in [0.5, 0.6) is 0 Å². The minimum Gasteiger partial charge on any atom is -0.462 e. The van der Waals surface area contributed by atoms with Gasteiger partial charge in [-0.15, -0.1) is 0 Å². The van der Waals surface area contributed by atoms with Crippen molar-refractivity contribution in [2.45, 2.75) is 20.8 Å². The molecule has 2 aliphatic heterocycles. The number of ether oxygens (including phenoxy) is 1. The standard InChI is InChI=1S/C12H16N2O3S/c1-4-17-11(15)10-7-14-6-9(8(2)3)5-13-12(14)18(10)16/h5,7-8H,4,6H2,1-3H3. The Morgan fingerprint density at radius 2 is 2.33 bits per heavy atom. The van der Waals surface area contributed by atoms with Crippen molar-refractivity contribution in [3.63, 3.8) is 0 Å². The number of hydrogen-bond donors (Lipinski definition) is 0. The number of aliphatic imine (C=N–C) groups is 1. The lowest BCUT2D eigenvalue weighted by Gasteiger charge is -2.22. The second-order valence-corrected chi connectivity index (χ2v) is 5.72. The van der Waals surface area contributed by atoms with Crippen molar-refractivity contribution < 1.29 is 13.7 Å². The van der Waals surface area contributed by atoms with Crippen LogP contribution in [0.2, 0.25) is 0 Å². The van der Waals surface area contributed by atoms with Crippen molar-refractivity contribution in [3.05, 3.63) is 22.9 Å². The molecule has 0 saturated heterocycles. The van der Waals surface area contributed by atoms with Gasteiger partial charge in [-0.1, -0.05) is 13.8 Å². The zero-order valence-electron chi connectivity index (χ0n) is 10.7. The maximum absolute atomic E-state index is 12.1. The number of nitrogens with zero attached hydrogens (tertiary/aromatic N) is 2. The van der Waals surface area contributed by atoms with Crippen LogP contribution in [0.4, 0.5) is 0 Å². The van der Waals surface area contributed by atoms with Crippen molar-refractivity contribution in [3.8, 4) is 0 Å². The lowest BCUT2D eigenvalue weighted by atomic mass is 10.0. The van der Waals surface area contributed by atoms with E-state index in [-0.39, 0.29) is 11.5 Å². The van der Waals surface area contributed by atoms with Gasteiger partial charge in [-0.2, -0.15) is 0 Å². The third-order valence-corrected chi connectivity index (χ3v) is 4.14. The molecule has 0 aromatic carbocycles. The van der Waals surface area contributed by atoms with Gasteiger partial charge < -0.3 is 9.64 Å². The highest BCUT2D eigenvalue weighted by Crippen LogP contribution is 2.25. The average molecular weight is 268 g/mol. The first kappa shape index (κ1) is 13.0. The van der Waals surface area contributed by atoms with Crippen molar-refractivity contribution >= 4 is 21.9 Å². The fraction of sp³-hybridized carbons (Fsp3) is 0.500. The van der Waals surface area contributed by atoms with Crippen LogP contribution in [0.3, 0.4) is 0 Å². The molecule has 2 heterocycles. The first-order valence-electron chi connectivity index (χ1n) is 5.88. The third-order valence-electron chi connectivity index (χ3n) is 2.80. The number of esters is 1. The van der Waals surface area contributed by atoms with E-state index in [1.165, 1.54) is 0 Å². The molecule has 0 fully saturated rings. The molecule has 0 bridgehead atoms. The van der Waals surface area contributed by atoms with E-state index in [0.717, 1.165) is 5.57 Å². The second-order valence-electron chi connectivity index (χ2n) is 4.38. The Labute approximate surface area is 109 Å². The molecule has 0 amide bonds. The van der Waals surface area contributed by atoms with Crippen LogP contribution in [0.1, 0.15) is 20.8 Å². The predicted octanol–water partition coefficient (Wildman–Crippen LogP) is 1.36. The summed E-state index contributed by atoms with van der Waals surface area (Å²) >= 11 is 0. The van der Waals surface area contributed by atoms with Gasteiger partial charge in [-0.3, -0.25) is 0 Å². The first-order chi connectivity index (χ1) is 8.54. The summed E-state index contributed by atoms with van der Waals surface area (Å²) < 4.78 is 17.0. The number of amidine groups is 1. The molecule has 0 aliphatic carbocycles. The lowest BCUT2D eigenvalue weighted by molar-refractivity contribution is -0.137. The van der Waals surface area contributed by atoms with Crippen LogP contribution in [0.25, 0.3) is 0 Å². The molecule has 5 nitrogen and oxygen atoms in total. The summed E-state index contributed by atoms with van der Waals surface area (Å²) in [6.45, 7) is 6.78. The van der Waals surface area contributed by atoms with E-state index in [4.69, 9.17) is 4.74 Å². The molecule has 0 saturated carbocycles. The van der Waals surface area contributed by atoms with Crippen molar-refractivity contribution in [1.29, 1.82) is 0 Å². The summed E-state index contributed by atoms with van der Waals surface area (Å²) in [6, 6.07) is 0. The molecule has 2 aliphatic rings. The predicted molar refractivity (Wildman–Crippen MR) is 69.9 cm³/mol. The molecule has 6 heteroatoms. The fourth-order valence-electron chi connectivity index (χ4n) is 1.72. The molecule has 1 atom stereocenters. The molecule has 18 heavy (non-hydrogen) atoms. The van der Waals surface area contributed by atoms with Gasteiger partial charge in [0.15, 0.2) is 0 Å². The minimum atomic E-state index is -1.52. The minimum absolute atomic E-state index is 0.175. The van der Waals surface area contributed by atoms with Gasteiger partial charge in [0, 0.05) is 18.9 Å². The Morgan fingerprint density at radius 1 is 1.61 bits per heavy atom. The topological polar surface area (TPSA) is 59.0 Å². The SMILES string of the molecule is CCOC(=O)C1=CN2CC(C(C)C)=CN=C2S1=O. The zero-order chi connectivity index (χ0) is 13.3. The van der Waals surface area contributed by atoms with Gasteiger partial charge in [0.05, 0.1) is 6.61 Å². The average Bonchev–Trinajstić information content (AvgIpc) is 2.66. The van der Waals surface area contributed by atoms with Crippen molar-refractivity contribution in [2.75, 3.05) is 13.2 Å². The number of rotatable bonds is 3. The number of fused-ring (bicyclic) bond motifs is 1. The Morgan fingerprint density at radius 3 is 2.94 bits per heavy atom. The lowest BCUT2D eigenvalue weighted by Crippen LogP contribution is -2.29. The number of carbonyl (C=O) groups is 1. The quantitative estimate of drug-likeness (QED) is 0.725. The summed E-state index contributed by atoms with van der Waals surface area (Å²) in [5.41, 5.74) is 1.15. The van der Waals surface area contributed by atoms with Crippen LogP contribution in [-0.2, 0) is 20.3 Å². The van der Waals surface area contributed by atoms with Crippen LogP contribution in [0, 0.1) is 5.92 Å². The first-order valence-corrected chi connectivity index (χ1v) is 7.03. The van der Waals surface area contributed by atoms with Gasteiger partial charge in [0.25, 0.3) is 0 Å². The number of carbonyl (C=O) groups excluding carboxylic acids is 1. The summed E-state index contributed by atoms with van der Waals surface area (Å²) in [5.74, 6) is -0.150. The molecule has 98 valence electrons. The van der Waals surface area contributed by atoms with Gasteiger partial charge in [-0.05, 0) is 18.4 Å². The van der Waals surface area contributed by atoms with E-state index < -0.39 is 16.8 Å². The summed E-state index contributed by atoms with van der Waals surface area (Å²) in [6.07, 6.45) is 3.33. The molecular weight excluding hydrogens is 252 g/mol. The maximum atomic E-state index is 12.1. The van der Waals surface area contributed by atoms with E-state index in [1.54, 1.807) is 24.2 Å². The highest BCUT2D eigenvalue weighted by Gasteiger charge is 2.35. The van der Waals surface area contributed by atoms with Gasteiger partial charge in [0.1, 0.15) is 15.7 Å². The van der Waals surface area contributed by atoms with E-state index in [1.807, 2.05) is 0 Å². The molecule has 0 N–H and O–H groups in total. The summed E-state index contributed by atoms with van der Waals surface area (Å²) in [4.78, 5) is 17.8. The summed E-state index contributed by atoms with van der Waals surface area (Å²) in [7, 11) is -1.52. The van der Waals surface area contributed by atoms with Crippen LogP contribution in [-0.4, -0.2) is 33.4 Å². The molecule has 0 aromatic heterocycles. The highest BCUT2D eigenvalue weighted by molar-refractivity contribution is 8.05. The van der Waals surface area contributed by atoms with Crippen molar-refractivity contribution in [2.24, 2.45) is 10.9 Å². The maximum Gasteiger partial charge on any atom is 0.349 e. The van der Waals surface area contributed by atoms with E-state index in [2.05, 4.69) is 18.8 Å². The van der Waals surface area contributed by atoms with Crippen LogP contribution < -0.4 is 0 Å². The van der Waals surface area contributed by atoms with Gasteiger partial charge >= 0.3 is 5.97 Å². The van der Waals surface area contributed by atoms with Crippen molar-refractivity contribution in [1.82, 2.24) is 4.90 Å². The Bertz CT molecular complexity index is 492. The molecule has 0 aromatic rings. The number of hydrogen-bond acceptors (Lipinski definition) is 5. The second kappa shape index (κ2) is 5.06. The molecule has 0 radical (unpaired) electrons. The Kier molecular flexibility index (Phi) is 3.65. The monoisotopic (exact) mass is 268 g/mol. The molecule has 0 spiro atoms. The summed E-state index contributed by atoms with van der Waals surface area (Å²) in [5, 5.41) is 0.419. The highest BCUT2D eigenvalue weighted by atomic mass is 32.2. The molecular formula is C12H16N2O3S. The fourth-order valence-corrected chi connectivity index (χ4v) is 2.83. The molecule has 2 rings (SSSR count). The third kappa shape index (κ3) is 2.25. The Balaban J connectivity index is 2.23. The van der Waals surface area contributed by atoms with E-state index in [9.17, 15) is 9.00 Å². The van der Waals surface area contributed by atoms with E-state index >= 15 is 0 Å². The van der Waals surface area contributed by atoms with Gasteiger partial charge in [-0.25, -0.2) is 14.0 Å². The largest absolute Gasteiger partial charge is 0.462 e. The molecule has 1 unspecified atom stereocenters. The zero-order valence-corrected chi connectivity index (χ0v) is 11.5. The smallest absolute Gasteiger partial charge is 0.349 e. The van der Waals surface area contributed by atoms with Crippen LogP contribution >= 0.6 is 0 Å². The van der Waals surface area contributed by atoms with Gasteiger partial charge in [0.2, 0.25) is 5.17 Å². The Hall–Kier alpha value is -1.43. The normalized spacial score (nSPS) is 22.3.